The smallest absolute Gasteiger partial charge is 0.0437 e. The van der Waals surface area contributed by atoms with Crippen molar-refractivity contribution in [3.05, 3.63) is 66.0 Å². The zero-order chi connectivity index (χ0) is 15.8. The number of nitrogens with one attached hydrogen (secondary N) is 1. The van der Waals surface area contributed by atoms with Gasteiger partial charge < -0.3 is 10.4 Å². The molecule has 2 unspecified atom stereocenters. The molecule has 0 amide bonds. The molecule has 2 rings (SSSR count). The molecule has 0 spiro atoms. The van der Waals surface area contributed by atoms with E-state index in [-0.39, 0.29) is 12.6 Å². The molecule has 2 aromatic rings. The maximum absolute atomic E-state index is 9.35. The summed E-state index contributed by atoms with van der Waals surface area (Å²) in [5, 5.41) is 13.0. The Hall–Kier alpha value is -1.71. The van der Waals surface area contributed by atoms with Crippen molar-refractivity contribution in [1.82, 2.24) is 10.3 Å². The molecule has 3 nitrogen and oxygen atoms in total. The second-order valence-electron chi connectivity index (χ2n) is 6.04. The standard InChI is InChI=1S/C19H26N2O/c1-15(2)19(18-9-6-11-20-13-18)21-14-17(10-12-22)16-7-4-3-5-8-16/h3-9,11,13,15,17,19,21-22H,10,12,14H2,1-2H3. The fourth-order valence-corrected chi connectivity index (χ4v) is 2.84. The van der Waals surface area contributed by atoms with Crippen LogP contribution in [0.3, 0.4) is 0 Å². The van der Waals surface area contributed by atoms with E-state index >= 15 is 0 Å². The summed E-state index contributed by atoms with van der Waals surface area (Å²) in [6.45, 7) is 5.49. The van der Waals surface area contributed by atoms with E-state index < -0.39 is 0 Å². The van der Waals surface area contributed by atoms with Gasteiger partial charge >= 0.3 is 0 Å². The highest BCUT2D eigenvalue weighted by Crippen LogP contribution is 2.24. The number of rotatable bonds is 8. The Labute approximate surface area is 133 Å². The number of aromatic nitrogens is 1. The molecule has 0 radical (unpaired) electrons. The average molecular weight is 298 g/mol. The number of nitrogens with zero attached hydrogens (tertiary/aromatic N) is 1. The molecule has 22 heavy (non-hydrogen) atoms. The van der Waals surface area contributed by atoms with Crippen molar-refractivity contribution < 1.29 is 5.11 Å². The first kappa shape index (κ1) is 16.7. The van der Waals surface area contributed by atoms with Gasteiger partial charge in [-0.25, -0.2) is 0 Å². The first-order valence-electron chi connectivity index (χ1n) is 8.01. The number of hydrogen-bond acceptors (Lipinski definition) is 3. The maximum atomic E-state index is 9.35. The van der Waals surface area contributed by atoms with Crippen molar-refractivity contribution in [2.75, 3.05) is 13.2 Å². The highest BCUT2D eigenvalue weighted by Gasteiger charge is 2.18. The Morgan fingerprint density at radius 1 is 1.05 bits per heavy atom. The van der Waals surface area contributed by atoms with E-state index in [1.165, 1.54) is 11.1 Å². The molecule has 0 fully saturated rings. The summed E-state index contributed by atoms with van der Waals surface area (Å²) in [6.07, 6.45) is 4.51. The number of aliphatic hydroxyl groups excluding tert-OH is 1. The first-order valence-corrected chi connectivity index (χ1v) is 8.01. The molecule has 2 atom stereocenters. The third-order valence-electron chi connectivity index (χ3n) is 4.04. The minimum atomic E-state index is 0.209. The maximum Gasteiger partial charge on any atom is 0.0437 e. The second kappa shape index (κ2) is 8.66. The zero-order valence-electron chi connectivity index (χ0n) is 13.4. The van der Waals surface area contributed by atoms with Crippen molar-refractivity contribution in [3.63, 3.8) is 0 Å². The Kier molecular flexibility index (Phi) is 6.56. The molecule has 0 bridgehead atoms. The van der Waals surface area contributed by atoms with Crippen LogP contribution in [0.1, 0.15) is 43.4 Å². The molecule has 0 saturated carbocycles. The molecule has 2 N–H and O–H groups in total. The summed E-state index contributed by atoms with van der Waals surface area (Å²) < 4.78 is 0. The van der Waals surface area contributed by atoms with E-state index in [0.717, 1.165) is 13.0 Å². The minimum Gasteiger partial charge on any atom is -0.396 e. The van der Waals surface area contributed by atoms with Crippen LogP contribution in [0.25, 0.3) is 0 Å². The van der Waals surface area contributed by atoms with Gasteiger partial charge in [-0.2, -0.15) is 0 Å². The van der Waals surface area contributed by atoms with E-state index in [1.54, 1.807) is 6.20 Å². The van der Waals surface area contributed by atoms with Crippen LogP contribution in [-0.4, -0.2) is 23.2 Å². The van der Waals surface area contributed by atoms with Crippen LogP contribution in [0.15, 0.2) is 54.9 Å². The molecule has 1 aromatic carbocycles. The highest BCUT2D eigenvalue weighted by molar-refractivity contribution is 5.20. The summed E-state index contributed by atoms with van der Waals surface area (Å²) in [5.74, 6) is 0.805. The molecule has 118 valence electrons. The van der Waals surface area contributed by atoms with Crippen molar-refractivity contribution in [3.8, 4) is 0 Å². The SMILES string of the molecule is CC(C)C(NCC(CCO)c1ccccc1)c1cccnc1. The Balaban J connectivity index is 2.06. The molecule has 3 heteroatoms. The van der Waals surface area contributed by atoms with E-state index in [4.69, 9.17) is 0 Å². The van der Waals surface area contributed by atoms with Gasteiger partial charge in [-0.15, -0.1) is 0 Å². The Morgan fingerprint density at radius 3 is 2.36 bits per heavy atom. The first-order chi connectivity index (χ1) is 10.7. The van der Waals surface area contributed by atoms with Gasteiger partial charge in [-0.05, 0) is 35.4 Å². The predicted molar refractivity (Wildman–Crippen MR) is 90.7 cm³/mol. The van der Waals surface area contributed by atoms with E-state index in [9.17, 15) is 5.11 Å². The largest absolute Gasteiger partial charge is 0.396 e. The quantitative estimate of drug-likeness (QED) is 0.783. The second-order valence-corrected chi connectivity index (χ2v) is 6.04. The third-order valence-corrected chi connectivity index (χ3v) is 4.04. The monoisotopic (exact) mass is 298 g/mol. The molecule has 0 aliphatic carbocycles. The lowest BCUT2D eigenvalue weighted by molar-refractivity contribution is 0.269. The Morgan fingerprint density at radius 2 is 1.77 bits per heavy atom. The number of pyridine rings is 1. The average Bonchev–Trinajstić information content (AvgIpc) is 2.55. The fourth-order valence-electron chi connectivity index (χ4n) is 2.84. The summed E-state index contributed by atoms with van der Waals surface area (Å²) in [6, 6.07) is 14.8. The summed E-state index contributed by atoms with van der Waals surface area (Å²) in [5.41, 5.74) is 2.49. The van der Waals surface area contributed by atoms with Gasteiger partial charge in [-0.1, -0.05) is 50.2 Å². The number of benzene rings is 1. The lowest BCUT2D eigenvalue weighted by Crippen LogP contribution is -2.30. The van der Waals surface area contributed by atoms with Gasteiger partial charge in [-0.3, -0.25) is 4.98 Å². The lowest BCUT2D eigenvalue weighted by atomic mass is 9.93. The van der Waals surface area contributed by atoms with Crippen LogP contribution in [0, 0.1) is 5.92 Å². The van der Waals surface area contributed by atoms with Gasteiger partial charge in [0.25, 0.3) is 0 Å². The van der Waals surface area contributed by atoms with Gasteiger partial charge in [0.1, 0.15) is 0 Å². The molecular formula is C19H26N2O. The molecule has 0 aliphatic heterocycles. The van der Waals surface area contributed by atoms with Crippen LogP contribution in [0.2, 0.25) is 0 Å². The van der Waals surface area contributed by atoms with Crippen molar-refractivity contribution in [2.45, 2.75) is 32.2 Å². The van der Waals surface area contributed by atoms with Gasteiger partial charge in [0.15, 0.2) is 0 Å². The summed E-state index contributed by atoms with van der Waals surface area (Å²) >= 11 is 0. The topological polar surface area (TPSA) is 45.1 Å². The predicted octanol–water partition coefficient (Wildman–Crippen LogP) is 3.53. The summed E-state index contributed by atoms with van der Waals surface area (Å²) in [4.78, 5) is 4.23. The van der Waals surface area contributed by atoms with Gasteiger partial charge in [0.2, 0.25) is 0 Å². The summed E-state index contributed by atoms with van der Waals surface area (Å²) in [7, 11) is 0. The van der Waals surface area contributed by atoms with Crippen LogP contribution < -0.4 is 5.32 Å². The third kappa shape index (κ3) is 4.65. The molecule has 1 aromatic heterocycles. The van der Waals surface area contributed by atoms with Crippen LogP contribution in [0.5, 0.6) is 0 Å². The normalized spacial score (nSPS) is 14.0. The lowest BCUT2D eigenvalue weighted by Gasteiger charge is -2.26. The molecule has 1 heterocycles. The van der Waals surface area contributed by atoms with Gasteiger partial charge in [0.05, 0.1) is 0 Å². The van der Waals surface area contributed by atoms with Crippen LogP contribution in [0.4, 0.5) is 0 Å². The molecular weight excluding hydrogens is 272 g/mol. The van der Waals surface area contributed by atoms with Crippen molar-refractivity contribution in [1.29, 1.82) is 0 Å². The van der Waals surface area contributed by atoms with Crippen LogP contribution >= 0.6 is 0 Å². The van der Waals surface area contributed by atoms with Gasteiger partial charge in [0, 0.05) is 31.6 Å². The van der Waals surface area contributed by atoms with Crippen molar-refractivity contribution in [2.24, 2.45) is 5.92 Å². The number of aliphatic hydroxyl groups is 1. The van der Waals surface area contributed by atoms with Crippen LogP contribution in [-0.2, 0) is 0 Å². The van der Waals surface area contributed by atoms with E-state index in [2.05, 4.69) is 54.5 Å². The fraction of sp³-hybridized carbons (Fsp3) is 0.421. The zero-order valence-corrected chi connectivity index (χ0v) is 13.4. The van der Waals surface area contributed by atoms with Crippen molar-refractivity contribution >= 4 is 0 Å². The molecule has 0 saturated heterocycles. The van der Waals surface area contributed by atoms with E-state index in [1.807, 2.05) is 18.3 Å². The Bertz CT molecular complexity index is 528. The number of hydrogen-bond donors (Lipinski definition) is 2. The van der Waals surface area contributed by atoms with E-state index in [0.29, 0.717) is 11.8 Å². The molecule has 0 aliphatic rings. The highest BCUT2D eigenvalue weighted by atomic mass is 16.3. The minimum absolute atomic E-state index is 0.209.